The summed E-state index contributed by atoms with van der Waals surface area (Å²) in [5.74, 6) is 0. The van der Waals surface area contributed by atoms with Crippen LogP contribution in [0.2, 0.25) is 0 Å². The van der Waals surface area contributed by atoms with Crippen LogP contribution in [0.4, 0.5) is 4.79 Å². The number of aliphatic hydroxyl groups is 1. The molecule has 2 rings (SSSR count). The molecule has 0 aliphatic carbocycles. The van der Waals surface area contributed by atoms with E-state index in [1.807, 2.05) is 46.8 Å². The van der Waals surface area contributed by atoms with Gasteiger partial charge in [0.15, 0.2) is 0 Å². The molecule has 1 aliphatic rings. The third-order valence-electron chi connectivity index (χ3n) is 3.82. The van der Waals surface area contributed by atoms with Gasteiger partial charge >= 0.3 is 6.09 Å². The number of ether oxygens (including phenoxy) is 1. The van der Waals surface area contributed by atoms with Crippen LogP contribution in [-0.2, 0) is 10.3 Å². The fourth-order valence-electron chi connectivity index (χ4n) is 2.72. The third kappa shape index (κ3) is 3.97. The number of piperidine rings is 1. The SMILES string of the molecule is Cc1cc(C)nc(C2(O)CCN(C(=O)OC(C)(C)C)CC2)c1. The number of hydrogen-bond acceptors (Lipinski definition) is 4. The molecule has 1 saturated heterocycles. The largest absolute Gasteiger partial charge is 0.444 e. The first-order valence-electron chi connectivity index (χ1n) is 7.75. The van der Waals surface area contributed by atoms with Crippen LogP contribution in [0.1, 0.15) is 50.6 Å². The summed E-state index contributed by atoms with van der Waals surface area (Å²) in [5.41, 5.74) is 1.23. The molecule has 0 unspecified atom stereocenters. The Labute approximate surface area is 132 Å². The van der Waals surface area contributed by atoms with Crippen LogP contribution in [-0.4, -0.2) is 39.8 Å². The first kappa shape index (κ1) is 16.7. The van der Waals surface area contributed by atoms with E-state index in [9.17, 15) is 9.90 Å². The van der Waals surface area contributed by atoms with Crippen LogP contribution in [0.15, 0.2) is 12.1 Å². The van der Waals surface area contributed by atoms with E-state index in [1.165, 1.54) is 0 Å². The summed E-state index contributed by atoms with van der Waals surface area (Å²) in [6, 6.07) is 3.92. The Bertz CT molecular complexity index is 535. The monoisotopic (exact) mass is 306 g/mol. The average Bonchev–Trinajstić information content (AvgIpc) is 2.36. The summed E-state index contributed by atoms with van der Waals surface area (Å²) in [6.07, 6.45) is 0.632. The summed E-state index contributed by atoms with van der Waals surface area (Å²) in [4.78, 5) is 18.2. The van der Waals surface area contributed by atoms with Crippen LogP contribution in [0.5, 0.6) is 0 Å². The predicted octanol–water partition coefficient (Wildman–Crippen LogP) is 2.92. The number of pyridine rings is 1. The molecule has 0 saturated carbocycles. The molecule has 0 radical (unpaired) electrons. The smallest absolute Gasteiger partial charge is 0.410 e. The number of likely N-dealkylation sites (tertiary alicyclic amines) is 1. The number of amides is 1. The molecule has 1 amide bonds. The van der Waals surface area contributed by atoms with Gasteiger partial charge in [-0.1, -0.05) is 0 Å². The van der Waals surface area contributed by atoms with Gasteiger partial charge in [0.05, 0.1) is 5.69 Å². The topological polar surface area (TPSA) is 62.7 Å². The van der Waals surface area contributed by atoms with Gasteiger partial charge in [-0.2, -0.15) is 0 Å². The summed E-state index contributed by atoms with van der Waals surface area (Å²) in [5, 5.41) is 10.9. The maximum atomic E-state index is 12.1. The molecule has 0 atom stereocenters. The first-order valence-corrected chi connectivity index (χ1v) is 7.75. The van der Waals surface area contributed by atoms with Crippen molar-refractivity contribution < 1.29 is 14.6 Å². The highest BCUT2D eigenvalue weighted by molar-refractivity contribution is 5.68. The quantitative estimate of drug-likeness (QED) is 0.866. The second-order valence-electron chi connectivity index (χ2n) is 7.17. The molecule has 5 heteroatoms. The van der Waals surface area contributed by atoms with Gasteiger partial charge in [-0.25, -0.2) is 4.79 Å². The van der Waals surface area contributed by atoms with Gasteiger partial charge in [-0.15, -0.1) is 0 Å². The van der Waals surface area contributed by atoms with E-state index in [4.69, 9.17) is 4.74 Å². The number of aryl methyl sites for hydroxylation is 2. The van der Waals surface area contributed by atoms with E-state index in [0.29, 0.717) is 31.6 Å². The number of aromatic nitrogens is 1. The van der Waals surface area contributed by atoms with Crippen LogP contribution >= 0.6 is 0 Å². The Kier molecular flexibility index (Phi) is 4.47. The molecule has 1 aromatic heterocycles. The average molecular weight is 306 g/mol. The van der Waals surface area contributed by atoms with E-state index in [0.717, 1.165) is 11.3 Å². The molecule has 2 heterocycles. The molecule has 1 fully saturated rings. The van der Waals surface area contributed by atoms with E-state index >= 15 is 0 Å². The first-order chi connectivity index (χ1) is 10.1. The molecule has 0 bridgehead atoms. The Morgan fingerprint density at radius 2 is 1.86 bits per heavy atom. The van der Waals surface area contributed by atoms with Gasteiger partial charge in [0.25, 0.3) is 0 Å². The van der Waals surface area contributed by atoms with E-state index in [2.05, 4.69) is 4.98 Å². The van der Waals surface area contributed by atoms with Crippen molar-refractivity contribution in [1.29, 1.82) is 0 Å². The highest BCUT2D eigenvalue weighted by Gasteiger charge is 2.37. The van der Waals surface area contributed by atoms with Gasteiger partial charge in [0.1, 0.15) is 11.2 Å². The zero-order chi connectivity index (χ0) is 16.5. The van der Waals surface area contributed by atoms with Crippen molar-refractivity contribution in [3.8, 4) is 0 Å². The van der Waals surface area contributed by atoms with Crippen LogP contribution in [0.25, 0.3) is 0 Å². The van der Waals surface area contributed by atoms with Crippen molar-refractivity contribution >= 4 is 6.09 Å². The van der Waals surface area contributed by atoms with Gasteiger partial charge in [0.2, 0.25) is 0 Å². The maximum Gasteiger partial charge on any atom is 0.410 e. The van der Waals surface area contributed by atoms with Crippen molar-refractivity contribution in [2.24, 2.45) is 0 Å². The molecular weight excluding hydrogens is 280 g/mol. The Morgan fingerprint density at radius 3 is 2.36 bits per heavy atom. The van der Waals surface area contributed by atoms with Gasteiger partial charge in [0, 0.05) is 18.8 Å². The number of carbonyl (C=O) groups is 1. The molecule has 0 spiro atoms. The molecule has 1 aliphatic heterocycles. The summed E-state index contributed by atoms with van der Waals surface area (Å²) < 4.78 is 5.38. The second kappa shape index (κ2) is 5.88. The van der Waals surface area contributed by atoms with Crippen molar-refractivity contribution in [1.82, 2.24) is 9.88 Å². The van der Waals surface area contributed by atoms with Gasteiger partial charge in [-0.3, -0.25) is 4.98 Å². The van der Waals surface area contributed by atoms with Crippen LogP contribution in [0.3, 0.4) is 0 Å². The van der Waals surface area contributed by atoms with Crippen molar-refractivity contribution in [2.45, 2.75) is 58.7 Å². The lowest BCUT2D eigenvalue weighted by atomic mass is 9.87. The predicted molar refractivity (Wildman–Crippen MR) is 84.6 cm³/mol. The maximum absolute atomic E-state index is 12.1. The number of carbonyl (C=O) groups excluding carboxylic acids is 1. The highest BCUT2D eigenvalue weighted by atomic mass is 16.6. The summed E-state index contributed by atoms with van der Waals surface area (Å²) in [6.45, 7) is 10.4. The standard InChI is InChI=1S/C17H26N2O3/c1-12-10-13(2)18-14(11-12)17(21)6-8-19(9-7-17)15(20)22-16(3,4)5/h10-11,21H,6-9H2,1-5H3. The Balaban J connectivity index is 2.06. The number of nitrogens with zero attached hydrogens (tertiary/aromatic N) is 2. The zero-order valence-electron chi connectivity index (χ0n) is 14.1. The molecule has 0 aromatic carbocycles. The van der Waals surface area contributed by atoms with Crippen molar-refractivity contribution in [3.05, 3.63) is 29.1 Å². The number of rotatable bonds is 1. The second-order valence-corrected chi connectivity index (χ2v) is 7.17. The van der Waals surface area contributed by atoms with Crippen molar-refractivity contribution in [3.63, 3.8) is 0 Å². The Hall–Kier alpha value is -1.62. The highest BCUT2D eigenvalue weighted by Crippen LogP contribution is 2.32. The van der Waals surface area contributed by atoms with E-state index in [-0.39, 0.29) is 6.09 Å². The molecule has 122 valence electrons. The number of hydrogen-bond donors (Lipinski definition) is 1. The van der Waals surface area contributed by atoms with Gasteiger partial charge in [-0.05, 0) is 65.2 Å². The van der Waals surface area contributed by atoms with E-state index in [1.54, 1.807) is 4.90 Å². The molecule has 1 aromatic rings. The normalized spacial score (nSPS) is 18.2. The molecular formula is C17H26N2O3. The van der Waals surface area contributed by atoms with Crippen molar-refractivity contribution in [2.75, 3.05) is 13.1 Å². The lowest BCUT2D eigenvalue weighted by Gasteiger charge is -2.38. The van der Waals surface area contributed by atoms with Crippen LogP contribution < -0.4 is 0 Å². The fourth-order valence-corrected chi connectivity index (χ4v) is 2.72. The Morgan fingerprint density at radius 1 is 1.27 bits per heavy atom. The van der Waals surface area contributed by atoms with E-state index < -0.39 is 11.2 Å². The lowest BCUT2D eigenvalue weighted by molar-refractivity contribution is -0.0382. The minimum absolute atomic E-state index is 0.317. The molecule has 1 N–H and O–H groups in total. The summed E-state index contributed by atoms with van der Waals surface area (Å²) in [7, 11) is 0. The molecule has 22 heavy (non-hydrogen) atoms. The third-order valence-corrected chi connectivity index (χ3v) is 3.82. The lowest BCUT2D eigenvalue weighted by Crippen LogP contribution is -2.47. The fraction of sp³-hybridized carbons (Fsp3) is 0.647. The molecule has 5 nitrogen and oxygen atoms in total. The van der Waals surface area contributed by atoms with Crippen LogP contribution in [0, 0.1) is 13.8 Å². The zero-order valence-corrected chi connectivity index (χ0v) is 14.1. The minimum atomic E-state index is -0.963. The van der Waals surface area contributed by atoms with Gasteiger partial charge < -0.3 is 14.7 Å². The minimum Gasteiger partial charge on any atom is -0.444 e. The summed E-state index contributed by atoms with van der Waals surface area (Å²) >= 11 is 0.